The van der Waals surface area contributed by atoms with Gasteiger partial charge in [0.05, 0.1) is 0 Å². The van der Waals surface area contributed by atoms with Crippen molar-refractivity contribution in [2.45, 2.75) is 32.9 Å². The minimum Gasteiger partial charge on any atom is -0.444 e. The summed E-state index contributed by atoms with van der Waals surface area (Å²) in [6.07, 6.45) is -0.479. The number of aromatic amines is 1. The minimum absolute atomic E-state index is 0.211. The van der Waals surface area contributed by atoms with E-state index in [1.54, 1.807) is 20.8 Å². The molecule has 0 saturated carbocycles. The van der Waals surface area contributed by atoms with E-state index in [2.05, 4.69) is 20.8 Å². The second-order valence-electron chi connectivity index (χ2n) is 6.15. The Balaban J connectivity index is 2.01. The van der Waals surface area contributed by atoms with Gasteiger partial charge < -0.3 is 21.1 Å². The zero-order valence-corrected chi connectivity index (χ0v) is 13.8. The van der Waals surface area contributed by atoms with Crippen molar-refractivity contribution in [3.8, 4) is 6.07 Å². The van der Waals surface area contributed by atoms with Crippen LogP contribution in [0, 0.1) is 11.3 Å². The molecule has 0 aliphatic carbocycles. The van der Waals surface area contributed by atoms with Gasteiger partial charge in [0.25, 0.3) is 0 Å². The maximum absolute atomic E-state index is 11.7. The van der Waals surface area contributed by atoms with Crippen molar-refractivity contribution in [1.29, 1.82) is 5.26 Å². The zero-order chi connectivity index (χ0) is 17.7. The number of alkyl carbamates (subject to hydrolysis) is 1. The van der Waals surface area contributed by atoms with Gasteiger partial charge in [-0.15, -0.1) is 0 Å². The van der Waals surface area contributed by atoms with E-state index in [-0.39, 0.29) is 11.4 Å². The Labute approximate surface area is 140 Å². The quantitative estimate of drug-likeness (QED) is 0.683. The Morgan fingerprint density at radius 2 is 2.21 bits per heavy atom. The molecule has 0 bridgehead atoms. The van der Waals surface area contributed by atoms with Gasteiger partial charge in [-0.25, -0.2) is 4.79 Å². The zero-order valence-electron chi connectivity index (χ0n) is 13.8. The summed E-state index contributed by atoms with van der Waals surface area (Å²) in [6, 6.07) is 9.34. The predicted octanol–water partition coefficient (Wildman–Crippen LogP) is 2.63. The van der Waals surface area contributed by atoms with E-state index in [9.17, 15) is 4.79 Å². The number of rotatable bonds is 4. The lowest BCUT2D eigenvalue weighted by molar-refractivity contribution is 0.0523. The largest absolute Gasteiger partial charge is 0.444 e. The second-order valence-corrected chi connectivity index (χ2v) is 6.15. The fourth-order valence-corrected chi connectivity index (χ4v) is 1.94. The van der Waals surface area contributed by atoms with Crippen LogP contribution in [0.3, 0.4) is 0 Å². The predicted molar refractivity (Wildman–Crippen MR) is 90.5 cm³/mol. The number of benzene rings is 1. The number of H-pyrrole nitrogens is 1. The molecule has 1 aromatic heterocycles. The van der Waals surface area contributed by atoms with Crippen LogP contribution >= 0.6 is 0 Å². The maximum atomic E-state index is 11.7. The third-order valence-electron chi connectivity index (χ3n) is 2.93. The average Bonchev–Trinajstić information content (AvgIpc) is 2.84. The van der Waals surface area contributed by atoms with Gasteiger partial charge >= 0.3 is 6.09 Å². The number of carbonyl (C=O) groups is 1. The number of nitrogens with two attached hydrogens (primary N) is 1. The van der Waals surface area contributed by atoms with Gasteiger partial charge in [0, 0.05) is 12.2 Å². The minimum atomic E-state index is -0.541. The molecular weight excluding hydrogens is 308 g/mol. The Morgan fingerprint density at radius 1 is 1.46 bits per heavy atom. The highest BCUT2D eigenvalue weighted by atomic mass is 16.6. The SMILES string of the molecule is CC(C)(C)OC(=O)NCc1cccc(Nc2n[nH]c(N)c2C#N)c1. The molecule has 24 heavy (non-hydrogen) atoms. The molecule has 0 aliphatic heterocycles. The van der Waals surface area contributed by atoms with Crippen LogP contribution in [0.1, 0.15) is 31.9 Å². The normalized spacial score (nSPS) is 10.8. The maximum Gasteiger partial charge on any atom is 0.407 e. The lowest BCUT2D eigenvalue weighted by Gasteiger charge is -2.19. The van der Waals surface area contributed by atoms with E-state index in [1.807, 2.05) is 30.3 Å². The van der Waals surface area contributed by atoms with Crippen LogP contribution in [-0.4, -0.2) is 21.9 Å². The van der Waals surface area contributed by atoms with Gasteiger partial charge in [0.15, 0.2) is 5.82 Å². The number of aromatic nitrogens is 2. The van der Waals surface area contributed by atoms with Crippen molar-refractivity contribution in [3.63, 3.8) is 0 Å². The Morgan fingerprint density at radius 3 is 2.88 bits per heavy atom. The summed E-state index contributed by atoms with van der Waals surface area (Å²) >= 11 is 0. The standard InChI is InChI=1S/C16H20N6O2/c1-16(2,3)24-15(23)19-9-10-5-4-6-11(7-10)20-14-12(8-17)13(18)21-22-14/h4-7H,9H2,1-3H3,(H,19,23)(H4,18,20,21,22). The summed E-state index contributed by atoms with van der Waals surface area (Å²) < 4.78 is 5.19. The molecule has 2 aromatic rings. The van der Waals surface area contributed by atoms with Crippen molar-refractivity contribution in [2.24, 2.45) is 0 Å². The number of anilines is 3. The molecule has 126 valence electrons. The third kappa shape index (κ3) is 4.64. The monoisotopic (exact) mass is 328 g/mol. The fraction of sp³-hybridized carbons (Fsp3) is 0.312. The number of nitrogens with one attached hydrogen (secondary N) is 3. The molecule has 0 aliphatic rings. The molecule has 0 radical (unpaired) electrons. The number of amides is 1. The van der Waals surface area contributed by atoms with Crippen LogP contribution in [0.2, 0.25) is 0 Å². The third-order valence-corrected chi connectivity index (χ3v) is 2.93. The lowest BCUT2D eigenvalue weighted by Crippen LogP contribution is -2.32. The van der Waals surface area contributed by atoms with Crippen LogP contribution in [0.4, 0.5) is 22.1 Å². The van der Waals surface area contributed by atoms with Crippen molar-refractivity contribution < 1.29 is 9.53 Å². The molecular formula is C16H20N6O2. The van der Waals surface area contributed by atoms with Crippen LogP contribution in [0.25, 0.3) is 0 Å². The van der Waals surface area contributed by atoms with Gasteiger partial charge in [-0.3, -0.25) is 5.10 Å². The Kier molecular flexibility index (Phi) is 4.94. The van der Waals surface area contributed by atoms with Crippen molar-refractivity contribution in [1.82, 2.24) is 15.5 Å². The number of nitriles is 1. The van der Waals surface area contributed by atoms with Crippen LogP contribution in [0.5, 0.6) is 0 Å². The summed E-state index contributed by atoms with van der Waals surface area (Å²) in [4.78, 5) is 11.7. The molecule has 0 fully saturated rings. The van der Waals surface area contributed by atoms with Crippen molar-refractivity contribution >= 4 is 23.4 Å². The van der Waals surface area contributed by atoms with Gasteiger partial charge in [-0.2, -0.15) is 10.4 Å². The molecule has 8 heteroatoms. The fourth-order valence-electron chi connectivity index (χ4n) is 1.94. The molecule has 1 amide bonds. The van der Waals surface area contributed by atoms with E-state index in [1.165, 1.54) is 0 Å². The number of carbonyl (C=O) groups excluding carboxylic acids is 1. The van der Waals surface area contributed by atoms with E-state index >= 15 is 0 Å². The van der Waals surface area contributed by atoms with Gasteiger partial charge in [0.1, 0.15) is 23.1 Å². The number of nitrogen functional groups attached to an aromatic ring is 1. The van der Waals surface area contributed by atoms with Crippen molar-refractivity contribution in [2.75, 3.05) is 11.1 Å². The number of hydrogen-bond donors (Lipinski definition) is 4. The topological polar surface area (TPSA) is 129 Å². The first-order chi connectivity index (χ1) is 11.3. The van der Waals surface area contributed by atoms with E-state index < -0.39 is 11.7 Å². The van der Waals surface area contributed by atoms with Crippen LogP contribution in [0.15, 0.2) is 24.3 Å². The number of hydrogen-bond acceptors (Lipinski definition) is 6. The molecule has 0 atom stereocenters. The Bertz CT molecular complexity index is 770. The van der Waals surface area contributed by atoms with Gasteiger partial charge in [-0.1, -0.05) is 12.1 Å². The highest BCUT2D eigenvalue weighted by Gasteiger charge is 2.15. The molecule has 8 nitrogen and oxygen atoms in total. The molecule has 0 spiro atoms. The van der Waals surface area contributed by atoms with Gasteiger partial charge in [0.2, 0.25) is 0 Å². The van der Waals surface area contributed by atoms with Crippen molar-refractivity contribution in [3.05, 3.63) is 35.4 Å². The summed E-state index contributed by atoms with van der Waals surface area (Å²) in [5, 5.41) is 21.3. The first-order valence-electron chi connectivity index (χ1n) is 7.35. The summed E-state index contributed by atoms with van der Waals surface area (Å²) in [6.45, 7) is 5.73. The number of nitrogens with zero attached hydrogens (tertiary/aromatic N) is 2. The lowest BCUT2D eigenvalue weighted by atomic mass is 10.2. The molecule has 1 aromatic carbocycles. The molecule has 1 heterocycles. The molecule has 5 N–H and O–H groups in total. The highest BCUT2D eigenvalue weighted by molar-refractivity contribution is 5.69. The highest BCUT2D eigenvalue weighted by Crippen LogP contribution is 2.22. The second kappa shape index (κ2) is 6.91. The first-order valence-corrected chi connectivity index (χ1v) is 7.35. The summed E-state index contributed by atoms with van der Waals surface area (Å²) in [7, 11) is 0. The van der Waals surface area contributed by atoms with Crippen LogP contribution in [-0.2, 0) is 11.3 Å². The molecule has 0 saturated heterocycles. The average molecular weight is 328 g/mol. The molecule has 2 rings (SSSR count). The van der Waals surface area contributed by atoms with E-state index in [4.69, 9.17) is 15.7 Å². The Hall–Kier alpha value is -3.21. The first kappa shape index (κ1) is 17.1. The summed E-state index contributed by atoms with van der Waals surface area (Å²) in [5.74, 6) is 0.565. The summed E-state index contributed by atoms with van der Waals surface area (Å²) in [5.41, 5.74) is 6.93. The number of ether oxygens (including phenoxy) is 1. The van der Waals surface area contributed by atoms with Crippen LogP contribution < -0.4 is 16.4 Å². The molecule has 0 unspecified atom stereocenters. The van der Waals surface area contributed by atoms with E-state index in [0.717, 1.165) is 11.3 Å². The van der Waals surface area contributed by atoms with Gasteiger partial charge in [-0.05, 0) is 38.5 Å². The smallest absolute Gasteiger partial charge is 0.407 e. The van der Waals surface area contributed by atoms with E-state index in [0.29, 0.717) is 12.4 Å².